The fourth-order valence-electron chi connectivity index (χ4n) is 3.16. The normalized spacial score (nSPS) is 11.2. The number of hydrogen-bond acceptors (Lipinski definition) is 4. The maximum atomic E-state index is 11.2. The molecular formula is C21H24N2O3. The summed E-state index contributed by atoms with van der Waals surface area (Å²) in [5.41, 5.74) is 2.83. The fraction of sp³-hybridized carbons (Fsp3) is 0.333. The van der Waals surface area contributed by atoms with E-state index in [-0.39, 0.29) is 11.6 Å². The average Bonchev–Trinajstić information content (AvgIpc) is 2.88. The monoisotopic (exact) mass is 352 g/mol. The van der Waals surface area contributed by atoms with E-state index < -0.39 is 0 Å². The summed E-state index contributed by atoms with van der Waals surface area (Å²) in [4.78, 5) is 11.2. The Morgan fingerprint density at radius 3 is 2.65 bits per heavy atom. The number of aromatic nitrogens is 1. The van der Waals surface area contributed by atoms with Gasteiger partial charge in [-0.15, -0.1) is 4.91 Å². The molecule has 0 unspecified atom stereocenters. The summed E-state index contributed by atoms with van der Waals surface area (Å²) in [6.45, 7) is 7.33. The molecule has 5 nitrogen and oxygen atoms in total. The van der Waals surface area contributed by atoms with Gasteiger partial charge < -0.3 is 14.4 Å². The lowest BCUT2D eigenvalue weighted by molar-refractivity contribution is 0.286. The van der Waals surface area contributed by atoms with Crippen LogP contribution in [0.3, 0.4) is 0 Å². The number of aromatic hydroxyl groups is 1. The van der Waals surface area contributed by atoms with E-state index in [0.717, 1.165) is 28.8 Å². The number of nitrogens with zero attached hydrogens (tertiary/aromatic N) is 2. The average molecular weight is 352 g/mol. The lowest BCUT2D eigenvalue weighted by Gasteiger charge is -2.14. The van der Waals surface area contributed by atoms with Crippen LogP contribution in [0.15, 0.2) is 47.6 Å². The number of para-hydroxylation sites is 2. The molecule has 5 heteroatoms. The van der Waals surface area contributed by atoms with Crippen molar-refractivity contribution in [2.24, 2.45) is 11.1 Å². The highest BCUT2D eigenvalue weighted by Gasteiger charge is 2.19. The summed E-state index contributed by atoms with van der Waals surface area (Å²) >= 11 is 0. The molecular weight excluding hydrogens is 328 g/mol. The van der Waals surface area contributed by atoms with Crippen LogP contribution >= 0.6 is 0 Å². The van der Waals surface area contributed by atoms with Crippen molar-refractivity contribution in [1.82, 2.24) is 4.57 Å². The second-order valence-corrected chi connectivity index (χ2v) is 6.96. The zero-order chi connectivity index (χ0) is 18.7. The summed E-state index contributed by atoms with van der Waals surface area (Å²) in [5, 5.41) is 14.3. The first-order chi connectivity index (χ1) is 12.5. The Hall–Kier alpha value is -2.82. The summed E-state index contributed by atoms with van der Waals surface area (Å²) in [6.07, 6.45) is 0.977. The van der Waals surface area contributed by atoms with Crippen LogP contribution in [0.25, 0.3) is 10.9 Å². The third kappa shape index (κ3) is 3.43. The van der Waals surface area contributed by atoms with Crippen molar-refractivity contribution in [3.8, 4) is 11.6 Å². The summed E-state index contributed by atoms with van der Waals surface area (Å²) in [6, 6.07) is 13.4. The Labute approximate surface area is 153 Å². The molecule has 0 aliphatic heterocycles. The van der Waals surface area contributed by atoms with Gasteiger partial charge in [0.05, 0.1) is 18.7 Å². The number of fused-ring (bicyclic) bond motifs is 1. The molecule has 3 rings (SSSR count). The van der Waals surface area contributed by atoms with Crippen LogP contribution in [0.5, 0.6) is 11.6 Å². The maximum Gasteiger partial charge on any atom is 0.222 e. The molecule has 0 spiro atoms. The SMILES string of the molecule is Cc1cccc2c(N=O)c(O)n(Cc3ccccc3OCCC(C)C)c12. The number of hydrogen-bond donors (Lipinski definition) is 1. The molecule has 0 amide bonds. The van der Waals surface area contributed by atoms with Crippen LogP contribution in [0, 0.1) is 17.7 Å². The van der Waals surface area contributed by atoms with E-state index in [0.29, 0.717) is 24.5 Å². The number of nitroso groups, excluding NO2 is 1. The first kappa shape index (κ1) is 18.0. The molecule has 0 atom stereocenters. The van der Waals surface area contributed by atoms with Crippen molar-refractivity contribution >= 4 is 16.6 Å². The number of aryl methyl sites for hydroxylation is 1. The van der Waals surface area contributed by atoms with Crippen molar-refractivity contribution in [1.29, 1.82) is 0 Å². The van der Waals surface area contributed by atoms with E-state index in [9.17, 15) is 10.0 Å². The van der Waals surface area contributed by atoms with Crippen LogP contribution < -0.4 is 4.74 Å². The van der Waals surface area contributed by atoms with E-state index in [1.54, 1.807) is 10.6 Å². The largest absolute Gasteiger partial charge is 0.493 e. The van der Waals surface area contributed by atoms with Gasteiger partial charge in [0.2, 0.25) is 5.88 Å². The predicted molar refractivity (Wildman–Crippen MR) is 104 cm³/mol. The highest BCUT2D eigenvalue weighted by atomic mass is 16.5. The van der Waals surface area contributed by atoms with Gasteiger partial charge >= 0.3 is 0 Å². The van der Waals surface area contributed by atoms with Gasteiger partial charge in [0, 0.05) is 10.9 Å². The Morgan fingerprint density at radius 1 is 1.15 bits per heavy atom. The predicted octanol–water partition coefficient (Wildman–Crippen LogP) is 5.53. The van der Waals surface area contributed by atoms with Gasteiger partial charge in [0.1, 0.15) is 5.75 Å². The lowest BCUT2D eigenvalue weighted by Crippen LogP contribution is -2.06. The molecule has 0 saturated heterocycles. The standard InChI is InChI=1S/C21H24N2O3/c1-14(2)11-12-26-18-10-5-4-8-16(18)13-23-20-15(3)7-6-9-17(20)19(22-25)21(23)24/h4-10,14,24H,11-13H2,1-3H3. The first-order valence-corrected chi connectivity index (χ1v) is 8.87. The topological polar surface area (TPSA) is 63.8 Å². The second kappa shape index (κ2) is 7.60. The van der Waals surface area contributed by atoms with Gasteiger partial charge in [-0.25, -0.2) is 0 Å². The van der Waals surface area contributed by atoms with Crippen LogP contribution in [0.1, 0.15) is 31.4 Å². The molecule has 1 N–H and O–H groups in total. The number of ether oxygens (including phenoxy) is 1. The molecule has 1 heterocycles. The fourth-order valence-corrected chi connectivity index (χ4v) is 3.16. The molecule has 0 aliphatic carbocycles. The van der Waals surface area contributed by atoms with Crippen LogP contribution in [0.4, 0.5) is 5.69 Å². The van der Waals surface area contributed by atoms with E-state index >= 15 is 0 Å². The molecule has 0 saturated carbocycles. The minimum Gasteiger partial charge on any atom is -0.493 e. The van der Waals surface area contributed by atoms with Crippen molar-refractivity contribution < 1.29 is 9.84 Å². The van der Waals surface area contributed by atoms with E-state index in [2.05, 4.69) is 19.0 Å². The molecule has 0 aliphatic rings. The Kier molecular flexibility index (Phi) is 5.26. The van der Waals surface area contributed by atoms with Gasteiger partial charge in [-0.2, -0.15) is 0 Å². The summed E-state index contributed by atoms with van der Waals surface area (Å²) < 4.78 is 7.68. The number of rotatable bonds is 7. The Balaban J connectivity index is 2.00. The molecule has 0 radical (unpaired) electrons. The van der Waals surface area contributed by atoms with Gasteiger partial charge in [-0.1, -0.05) is 50.2 Å². The maximum absolute atomic E-state index is 11.2. The van der Waals surface area contributed by atoms with Crippen LogP contribution in [0.2, 0.25) is 0 Å². The quantitative estimate of drug-likeness (QED) is 0.569. The second-order valence-electron chi connectivity index (χ2n) is 6.96. The lowest BCUT2D eigenvalue weighted by atomic mass is 10.1. The highest BCUT2D eigenvalue weighted by molar-refractivity contribution is 5.96. The Bertz CT molecular complexity index is 928. The van der Waals surface area contributed by atoms with Crippen molar-refractivity contribution in [2.45, 2.75) is 33.7 Å². The molecule has 0 bridgehead atoms. The molecule has 26 heavy (non-hydrogen) atoms. The smallest absolute Gasteiger partial charge is 0.222 e. The minimum atomic E-state index is -0.110. The van der Waals surface area contributed by atoms with E-state index in [1.807, 2.05) is 43.3 Å². The molecule has 136 valence electrons. The van der Waals surface area contributed by atoms with Gasteiger partial charge in [0.15, 0.2) is 5.69 Å². The van der Waals surface area contributed by atoms with Crippen molar-refractivity contribution in [3.05, 3.63) is 58.5 Å². The number of benzene rings is 2. The Morgan fingerprint density at radius 2 is 1.92 bits per heavy atom. The summed E-state index contributed by atoms with van der Waals surface area (Å²) in [7, 11) is 0. The molecule has 2 aromatic carbocycles. The third-order valence-electron chi connectivity index (χ3n) is 4.58. The van der Waals surface area contributed by atoms with Crippen LogP contribution in [-0.4, -0.2) is 16.3 Å². The third-order valence-corrected chi connectivity index (χ3v) is 4.58. The highest BCUT2D eigenvalue weighted by Crippen LogP contribution is 2.40. The van der Waals surface area contributed by atoms with Gasteiger partial charge in [0.25, 0.3) is 0 Å². The summed E-state index contributed by atoms with van der Waals surface area (Å²) in [5.74, 6) is 1.26. The van der Waals surface area contributed by atoms with Gasteiger partial charge in [-0.05, 0) is 36.1 Å². The van der Waals surface area contributed by atoms with Crippen molar-refractivity contribution in [3.63, 3.8) is 0 Å². The van der Waals surface area contributed by atoms with E-state index in [1.165, 1.54) is 0 Å². The molecule has 1 aromatic heterocycles. The molecule has 0 fully saturated rings. The zero-order valence-corrected chi connectivity index (χ0v) is 15.4. The van der Waals surface area contributed by atoms with Crippen LogP contribution in [-0.2, 0) is 6.54 Å². The zero-order valence-electron chi connectivity index (χ0n) is 15.4. The minimum absolute atomic E-state index is 0.0851. The van der Waals surface area contributed by atoms with Gasteiger partial charge in [-0.3, -0.25) is 0 Å². The molecule has 3 aromatic rings. The van der Waals surface area contributed by atoms with E-state index in [4.69, 9.17) is 4.74 Å². The van der Waals surface area contributed by atoms with Crippen molar-refractivity contribution in [2.75, 3.05) is 6.61 Å². The first-order valence-electron chi connectivity index (χ1n) is 8.87.